The molecule has 1 fully saturated rings. The minimum absolute atomic E-state index is 0.0910. The topological polar surface area (TPSA) is 82.5 Å². The average Bonchev–Trinajstić information content (AvgIpc) is 2.92. The summed E-state index contributed by atoms with van der Waals surface area (Å²) in [4.78, 5) is 28.3. The van der Waals surface area contributed by atoms with E-state index in [4.69, 9.17) is 5.11 Å². The van der Waals surface area contributed by atoms with Gasteiger partial charge >= 0.3 is 12.0 Å². The van der Waals surface area contributed by atoms with E-state index in [1.807, 2.05) is 12.1 Å². The molecule has 1 aromatic rings. The van der Waals surface area contributed by atoms with E-state index in [-0.39, 0.29) is 12.5 Å². The number of aromatic nitrogens is 1. The maximum absolute atomic E-state index is 12.0. The standard InChI is InChI=1S/C14H19N3O3/c18-13(19)4-3-11-5-7-17(10-11)14(20)16-9-12-2-1-6-15-8-12/h1-2,6,8,11H,3-5,7,9-10H2,(H,16,20)(H,18,19). The minimum Gasteiger partial charge on any atom is -0.481 e. The van der Waals surface area contributed by atoms with E-state index in [1.165, 1.54) is 0 Å². The number of carboxylic acid groups (broad SMARTS) is 1. The van der Waals surface area contributed by atoms with Gasteiger partial charge in [-0.15, -0.1) is 0 Å². The Morgan fingerprint density at radius 1 is 1.50 bits per heavy atom. The SMILES string of the molecule is O=C(O)CCC1CCN(C(=O)NCc2cccnc2)C1. The van der Waals surface area contributed by atoms with Gasteiger partial charge in [-0.2, -0.15) is 0 Å². The number of carbonyl (C=O) groups is 2. The van der Waals surface area contributed by atoms with Crippen molar-refractivity contribution in [2.75, 3.05) is 13.1 Å². The lowest BCUT2D eigenvalue weighted by Gasteiger charge is -2.17. The van der Waals surface area contributed by atoms with Gasteiger partial charge in [0.15, 0.2) is 0 Å². The summed E-state index contributed by atoms with van der Waals surface area (Å²) >= 11 is 0. The molecule has 1 aliphatic rings. The van der Waals surface area contributed by atoms with Crippen LogP contribution in [0.25, 0.3) is 0 Å². The number of pyridine rings is 1. The largest absolute Gasteiger partial charge is 0.481 e. The number of aliphatic carboxylic acids is 1. The van der Waals surface area contributed by atoms with Crippen molar-refractivity contribution in [2.45, 2.75) is 25.8 Å². The van der Waals surface area contributed by atoms with Crippen LogP contribution >= 0.6 is 0 Å². The number of amides is 2. The first-order chi connectivity index (χ1) is 9.65. The summed E-state index contributed by atoms with van der Waals surface area (Å²) in [7, 11) is 0. The molecule has 108 valence electrons. The van der Waals surface area contributed by atoms with E-state index in [0.717, 1.165) is 12.0 Å². The summed E-state index contributed by atoms with van der Waals surface area (Å²) in [5.41, 5.74) is 0.961. The first-order valence-electron chi connectivity index (χ1n) is 6.78. The Kier molecular flexibility index (Phi) is 4.92. The zero-order valence-electron chi connectivity index (χ0n) is 11.3. The number of urea groups is 1. The zero-order valence-corrected chi connectivity index (χ0v) is 11.3. The van der Waals surface area contributed by atoms with Crippen molar-refractivity contribution >= 4 is 12.0 Å². The molecule has 2 N–H and O–H groups in total. The highest BCUT2D eigenvalue weighted by Gasteiger charge is 2.26. The molecule has 2 amide bonds. The Bertz CT molecular complexity index is 464. The van der Waals surface area contributed by atoms with Crippen molar-refractivity contribution in [1.29, 1.82) is 0 Å². The van der Waals surface area contributed by atoms with Crippen LogP contribution in [0.4, 0.5) is 4.79 Å². The number of rotatable bonds is 5. The summed E-state index contributed by atoms with van der Waals surface area (Å²) in [6, 6.07) is 3.65. The molecule has 0 bridgehead atoms. The highest BCUT2D eigenvalue weighted by atomic mass is 16.4. The smallest absolute Gasteiger partial charge is 0.317 e. The highest BCUT2D eigenvalue weighted by molar-refractivity contribution is 5.74. The van der Waals surface area contributed by atoms with E-state index in [0.29, 0.717) is 32.0 Å². The molecule has 1 saturated heterocycles. The molecule has 1 unspecified atom stereocenters. The Labute approximate surface area is 117 Å². The fraction of sp³-hybridized carbons (Fsp3) is 0.500. The van der Waals surface area contributed by atoms with Gasteiger partial charge in [0, 0.05) is 38.4 Å². The Morgan fingerprint density at radius 3 is 3.05 bits per heavy atom. The van der Waals surface area contributed by atoms with Gasteiger partial charge in [-0.3, -0.25) is 9.78 Å². The second kappa shape index (κ2) is 6.88. The minimum atomic E-state index is -0.774. The third-order valence-electron chi connectivity index (χ3n) is 3.51. The third-order valence-corrected chi connectivity index (χ3v) is 3.51. The lowest BCUT2D eigenvalue weighted by Crippen LogP contribution is -2.38. The Morgan fingerprint density at radius 2 is 2.35 bits per heavy atom. The molecule has 1 aromatic heterocycles. The van der Waals surface area contributed by atoms with Gasteiger partial charge in [0.25, 0.3) is 0 Å². The zero-order chi connectivity index (χ0) is 14.4. The summed E-state index contributed by atoms with van der Waals surface area (Å²) in [6.07, 6.45) is 5.11. The quantitative estimate of drug-likeness (QED) is 0.854. The van der Waals surface area contributed by atoms with Crippen LogP contribution in [-0.4, -0.2) is 40.1 Å². The molecule has 1 aliphatic heterocycles. The number of carboxylic acids is 1. The second-order valence-electron chi connectivity index (χ2n) is 5.05. The van der Waals surface area contributed by atoms with Crippen molar-refractivity contribution in [1.82, 2.24) is 15.2 Å². The maximum atomic E-state index is 12.0. The predicted molar refractivity (Wildman–Crippen MR) is 73.0 cm³/mol. The normalized spacial score (nSPS) is 18.0. The number of nitrogens with zero attached hydrogens (tertiary/aromatic N) is 2. The molecule has 0 radical (unpaired) electrons. The average molecular weight is 277 g/mol. The Balaban J connectivity index is 1.73. The molecular formula is C14H19N3O3. The van der Waals surface area contributed by atoms with Crippen LogP contribution in [0, 0.1) is 5.92 Å². The van der Waals surface area contributed by atoms with Gasteiger partial charge in [0.1, 0.15) is 0 Å². The van der Waals surface area contributed by atoms with Gasteiger partial charge in [-0.25, -0.2) is 4.79 Å². The van der Waals surface area contributed by atoms with Crippen LogP contribution in [-0.2, 0) is 11.3 Å². The molecule has 2 rings (SSSR count). The van der Waals surface area contributed by atoms with Crippen molar-refractivity contribution in [3.05, 3.63) is 30.1 Å². The van der Waals surface area contributed by atoms with Gasteiger partial charge in [-0.05, 0) is 30.4 Å². The van der Waals surface area contributed by atoms with E-state index in [9.17, 15) is 9.59 Å². The van der Waals surface area contributed by atoms with Gasteiger partial charge in [0.2, 0.25) is 0 Å². The molecule has 2 heterocycles. The molecule has 1 atom stereocenters. The first kappa shape index (κ1) is 14.3. The van der Waals surface area contributed by atoms with Gasteiger partial charge in [0.05, 0.1) is 0 Å². The van der Waals surface area contributed by atoms with Gasteiger partial charge in [-0.1, -0.05) is 6.07 Å². The number of likely N-dealkylation sites (tertiary alicyclic amines) is 1. The fourth-order valence-electron chi connectivity index (χ4n) is 2.37. The van der Waals surface area contributed by atoms with Crippen LogP contribution in [0.2, 0.25) is 0 Å². The third kappa shape index (κ3) is 4.22. The monoisotopic (exact) mass is 277 g/mol. The van der Waals surface area contributed by atoms with Crippen LogP contribution in [0.1, 0.15) is 24.8 Å². The van der Waals surface area contributed by atoms with Crippen molar-refractivity contribution in [2.24, 2.45) is 5.92 Å². The molecule has 0 aliphatic carbocycles. The molecule has 20 heavy (non-hydrogen) atoms. The van der Waals surface area contributed by atoms with Crippen molar-refractivity contribution in [3.63, 3.8) is 0 Å². The van der Waals surface area contributed by atoms with Crippen LogP contribution < -0.4 is 5.32 Å². The van der Waals surface area contributed by atoms with E-state index in [1.54, 1.807) is 17.3 Å². The van der Waals surface area contributed by atoms with Crippen LogP contribution in [0.3, 0.4) is 0 Å². The molecule has 6 heteroatoms. The van der Waals surface area contributed by atoms with Crippen LogP contribution in [0.5, 0.6) is 0 Å². The van der Waals surface area contributed by atoms with Gasteiger partial charge < -0.3 is 15.3 Å². The van der Waals surface area contributed by atoms with Crippen LogP contribution in [0.15, 0.2) is 24.5 Å². The highest BCUT2D eigenvalue weighted by Crippen LogP contribution is 2.20. The van der Waals surface area contributed by atoms with E-state index < -0.39 is 5.97 Å². The van der Waals surface area contributed by atoms with Crippen molar-refractivity contribution < 1.29 is 14.7 Å². The molecule has 0 spiro atoms. The van der Waals surface area contributed by atoms with E-state index >= 15 is 0 Å². The number of hydrogen-bond donors (Lipinski definition) is 2. The molecule has 0 saturated carbocycles. The second-order valence-corrected chi connectivity index (χ2v) is 5.05. The molecule has 6 nitrogen and oxygen atoms in total. The number of hydrogen-bond acceptors (Lipinski definition) is 3. The summed E-state index contributed by atoms with van der Waals surface area (Å²) < 4.78 is 0. The maximum Gasteiger partial charge on any atom is 0.317 e. The molecular weight excluding hydrogens is 258 g/mol. The Hall–Kier alpha value is -2.11. The predicted octanol–water partition coefficient (Wildman–Crippen LogP) is 1.48. The fourth-order valence-corrected chi connectivity index (χ4v) is 2.37. The molecule has 0 aromatic carbocycles. The summed E-state index contributed by atoms with van der Waals surface area (Å²) in [6.45, 7) is 1.80. The summed E-state index contributed by atoms with van der Waals surface area (Å²) in [5.74, 6) is -0.472. The first-order valence-corrected chi connectivity index (χ1v) is 6.78. The summed E-state index contributed by atoms with van der Waals surface area (Å²) in [5, 5.41) is 11.5. The van der Waals surface area contributed by atoms with Crippen molar-refractivity contribution in [3.8, 4) is 0 Å². The lowest BCUT2D eigenvalue weighted by molar-refractivity contribution is -0.137. The van der Waals surface area contributed by atoms with E-state index in [2.05, 4.69) is 10.3 Å². The number of carbonyl (C=O) groups excluding carboxylic acids is 1. The lowest BCUT2D eigenvalue weighted by atomic mass is 10.0. The number of nitrogens with one attached hydrogen (secondary N) is 1.